The van der Waals surface area contributed by atoms with Gasteiger partial charge in [-0.2, -0.15) is 13.2 Å². The molecule has 4 aromatic rings. The van der Waals surface area contributed by atoms with Crippen molar-refractivity contribution in [3.63, 3.8) is 0 Å². The number of aliphatic hydroxyl groups is 1. The van der Waals surface area contributed by atoms with Crippen molar-refractivity contribution < 1.29 is 46.5 Å². The lowest BCUT2D eigenvalue weighted by atomic mass is 9.81. The van der Waals surface area contributed by atoms with Gasteiger partial charge in [0, 0.05) is 33.8 Å². The molecule has 256 valence electrons. The third-order valence-electron chi connectivity index (χ3n) is 8.86. The number of nitrogens with zero attached hydrogens (tertiary/aromatic N) is 2. The summed E-state index contributed by atoms with van der Waals surface area (Å²) < 4.78 is 69.6. The van der Waals surface area contributed by atoms with Crippen molar-refractivity contribution in [2.75, 3.05) is 19.8 Å². The monoisotopic (exact) mass is 681 g/mol. The van der Waals surface area contributed by atoms with Crippen molar-refractivity contribution in [3.05, 3.63) is 83.4 Å². The van der Waals surface area contributed by atoms with E-state index in [1.54, 1.807) is 12.1 Å². The minimum absolute atomic E-state index is 0.0420. The lowest BCUT2D eigenvalue weighted by Crippen LogP contribution is -2.51. The van der Waals surface area contributed by atoms with Crippen LogP contribution in [0.4, 0.5) is 17.6 Å². The van der Waals surface area contributed by atoms with E-state index in [0.29, 0.717) is 10.9 Å². The molecule has 3 amide bonds. The van der Waals surface area contributed by atoms with Gasteiger partial charge in [-0.3, -0.25) is 19.4 Å². The fraction of sp³-hybridized carbons (Fsp3) is 0.324. The van der Waals surface area contributed by atoms with Crippen LogP contribution in [0.15, 0.2) is 60.8 Å². The van der Waals surface area contributed by atoms with E-state index in [-0.39, 0.29) is 46.0 Å². The lowest BCUT2D eigenvalue weighted by Gasteiger charge is -2.31. The quantitative estimate of drug-likeness (QED) is 0.184. The van der Waals surface area contributed by atoms with E-state index < -0.39 is 59.6 Å². The SMILES string of the molecule is CC1(NC(=O)COc2cc(C(=O)NCC(O)(c3cc4c(c(-c5ccc(F)cc5)n3)OC[C@]4(C)C(N)=O)C(F)(F)F)cc3cccnc23)CC1. The summed E-state index contributed by atoms with van der Waals surface area (Å²) in [4.78, 5) is 46.6. The maximum Gasteiger partial charge on any atom is 0.424 e. The number of nitrogens with one attached hydrogen (secondary N) is 2. The molecule has 0 saturated heterocycles. The van der Waals surface area contributed by atoms with Crippen LogP contribution >= 0.6 is 0 Å². The smallest absolute Gasteiger partial charge is 0.424 e. The van der Waals surface area contributed by atoms with Crippen molar-refractivity contribution in [2.24, 2.45) is 5.73 Å². The zero-order valence-corrected chi connectivity index (χ0v) is 26.3. The van der Waals surface area contributed by atoms with E-state index >= 15 is 0 Å². The second-order valence-corrected chi connectivity index (χ2v) is 12.7. The molecule has 1 saturated carbocycles. The highest BCUT2D eigenvalue weighted by Gasteiger charge is 2.57. The minimum Gasteiger partial charge on any atom is -0.489 e. The van der Waals surface area contributed by atoms with Crippen LogP contribution in [0, 0.1) is 5.82 Å². The Hall–Kier alpha value is -5.31. The number of aromatic nitrogens is 2. The van der Waals surface area contributed by atoms with Crippen molar-refractivity contribution >= 4 is 28.6 Å². The lowest BCUT2D eigenvalue weighted by molar-refractivity contribution is -0.265. The zero-order valence-electron chi connectivity index (χ0n) is 26.3. The molecule has 0 radical (unpaired) electrons. The Labute approximate surface area is 276 Å². The Morgan fingerprint density at radius 1 is 1.08 bits per heavy atom. The Kier molecular flexibility index (Phi) is 8.21. The number of primary amides is 1. The summed E-state index contributed by atoms with van der Waals surface area (Å²) in [6.07, 6.45) is -2.27. The first-order valence-electron chi connectivity index (χ1n) is 15.2. The molecule has 5 N–H and O–H groups in total. The van der Waals surface area contributed by atoms with Gasteiger partial charge >= 0.3 is 6.18 Å². The number of halogens is 4. The Balaban J connectivity index is 1.34. The van der Waals surface area contributed by atoms with Crippen LogP contribution in [-0.4, -0.2) is 64.3 Å². The van der Waals surface area contributed by atoms with Crippen molar-refractivity contribution in [3.8, 4) is 22.8 Å². The Morgan fingerprint density at radius 2 is 1.80 bits per heavy atom. The zero-order chi connectivity index (χ0) is 35.4. The van der Waals surface area contributed by atoms with Gasteiger partial charge in [-0.1, -0.05) is 6.07 Å². The molecular weight excluding hydrogens is 650 g/mol. The highest BCUT2D eigenvalue weighted by atomic mass is 19.4. The van der Waals surface area contributed by atoms with Gasteiger partial charge in [-0.05, 0) is 75.2 Å². The number of pyridine rings is 2. The van der Waals surface area contributed by atoms with Gasteiger partial charge in [0.1, 0.15) is 40.5 Å². The average molecular weight is 682 g/mol. The average Bonchev–Trinajstić information content (AvgIpc) is 3.68. The number of fused-ring (bicyclic) bond motifs is 2. The number of nitrogens with two attached hydrogens (primary N) is 1. The number of hydrogen-bond donors (Lipinski definition) is 4. The number of benzene rings is 2. The maximum absolute atomic E-state index is 14.8. The predicted molar refractivity (Wildman–Crippen MR) is 167 cm³/mol. The van der Waals surface area contributed by atoms with Gasteiger partial charge in [0.2, 0.25) is 11.5 Å². The molecule has 11 nitrogen and oxygen atoms in total. The van der Waals surface area contributed by atoms with E-state index in [1.165, 1.54) is 37.4 Å². The van der Waals surface area contributed by atoms with Gasteiger partial charge in [0.05, 0.1) is 12.2 Å². The molecule has 2 aliphatic rings. The second kappa shape index (κ2) is 12.0. The highest BCUT2D eigenvalue weighted by molar-refractivity contribution is 6.00. The summed E-state index contributed by atoms with van der Waals surface area (Å²) in [7, 11) is 0. The van der Waals surface area contributed by atoms with E-state index in [2.05, 4.69) is 20.6 Å². The van der Waals surface area contributed by atoms with Crippen LogP contribution in [0.1, 0.15) is 48.3 Å². The van der Waals surface area contributed by atoms with Crippen LogP contribution in [0.2, 0.25) is 0 Å². The highest BCUT2D eigenvalue weighted by Crippen LogP contribution is 2.47. The molecule has 2 aromatic heterocycles. The molecule has 2 aromatic carbocycles. The van der Waals surface area contributed by atoms with Crippen molar-refractivity contribution in [2.45, 2.75) is 49.4 Å². The molecule has 6 rings (SSSR count). The normalized spacial score (nSPS) is 18.9. The van der Waals surface area contributed by atoms with Crippen molar-refractivity contribution in [1.82, 2.24) is 20.6 Å². The van der Waals surface area contributed by atoms with Crippen LogP contribution in [0.5, 0.6) is 11.5 Å². The molecule has 1 aliphatic carbocycles. The second-order valence-electron chi connectivity index (χ2n) is 12.7. The topological polar surface area (TPSA) is 166 Å². The van der Waals surface area contributed by atoms with E-state index in [4.69, 9.17) is 15.2 Å². The van der Waals surface area contributed by atoms with Gasteiger partial charge in [0.15, 0.2) is 6.61 Å². The van der Waals surface area contributed by atoms with Gasteiger partial charge in [-0.15, -0.1) is 0 Å². The molecule has 1 unspecified atom stereocenters. The Bertz CT molecular complexity index is 1980. The van der Waals surface area contributed by atoms with E-state index in [9.17, 15) is 37.1 Å². The van der Waals surface area contributed by atoms with Crippen molar-refractivity contribution in [1.29, 1.82) is 0 Å². The van der Waals surface area contributed by atoms with E-state index in [0.717, 1.165) is 31.0 Å². The van der Waals surface area contributed by atoms with Crippen LogP contribution in [0.25, 0.3) is 22.2 Å². The maximum atomic E-state index is 14.8. The summed E-state index contributed by atoms with van der Waals surface area (Å²) in [5, 5.41) is 16.7. The Morgan fingerprint density at radius 3 is 2.45 bits per heavy atom. The van der Waals surface area contributed by atoms with Crippen LogP contribution < -0.4 is 25.8 Å². The summed E-state index contributed by atoms with van der Waals surface area (Å²) >= 11 is 0. The molecule has 0 bridgehead atoms. The molecule has 49 heavy (non-hydrogen) atoms. The number of hydrogen-bond acceptors (Lipinski definition) is 8. The minimum atomic E-state index is -5.41. The number of carbonyl (C=O) groups excluding carboxylic acids is 3. The van der Waals surface area contributed by atoms with Crippen LogP contribution in [-0.2, 0) is 20.6 Å². The first-order chi connectivity index (χ1) is 23.0. The molecule has 0 spiro atoms. The summed E-state index contributed by atoms with van der Waals surface area (Å²) in [5.41, 5.74) is -0.984. The summed E-state index contributed by atoms with van der Waals surface area (Å²) in [6.45, 7) is 1.15. The largest absolute Gasteiger partial charge is 0.489 e. The third-order valence-corrected chi connectivity index (χ3v) is 8.86. The van der Waals surface area contributed by atoms with Crippen LogP contribution in [0.3, 0.4) is 0 Å². The fourth-order valence-electron chi connectivity index (χ4n) is 5.48. The van der Waals surface area contributed by atoms with Gasteiger partial charge < -0.3 is 30.9 Å². The first kappa shape index (κ1) is 33.6. The summed E-state index contributed by atoms with van der Waals surface area (Å²) in [5.74, 6) is -2.95. The molecular formula is C34H31F4N5O6. The van der Waals surface area contributed by atoms with E-state index in [1.807, 2.05) is 6.92 Å². The number of rotatable bonds is 10. The number of ether oxygens (including phenoxy) is 2. The molecule has 3 heterocycles. The molecule has 1 aliphatic heterocycles. The third kappa shape index (κ3) is 6.33. The first-order valence-corrected chi connectivity index (χ1v) is 15.2. The fourth-order valence-corrected chi connectivity index (χ4v) is 5.48. The summed E-state index contributed by atoms with van der Waals surface area (Å²) in [6, 6.07) is 11.3. The standard InChI is InChI=1S/C34H31F4N5O6/c1-31(9-10-31)43-25(44)15-48-23-13-20(12-19-4-3-11-40-26(19)23)29(45)41-16-33(47,34(36,37)38)24-14-22-28(49-17-32(22,2)30(39)46)27(42-24)18-5-7-21(35)8-6-18/h3-8,11-14,47H,9-10,15-17H2,1-2H3,(H2,39,46)(H,41,45)(H,43,44)/t32-,33?/m0/s1. The molecule has 15 heteroatoms. The van der Waals surface area contributed by atoms with Gasteiger partial charge in [-0.25, -0.2) is 9.37 Å². The molecule has 2 atom stereocenters. The predicted octanol–water partition coefficient (Wildman–Crippen LogP) is 3.80. The van der Waals surface area contributed by atoms with Gasteiger partial charge in [0.25, 0.3) is 11.8 Å². The number of alkyl halides is 3. The molecule has 1 fully saturated rings. The number of carbonyl (C=O) groups is 3. The number of amides is 3.